The van der Waals surface area contributed by atoms with E-state index in [9.17, 15) is 0 Å². The minimum absolute atomic E-state index is 0.0808. The molecule has 0 saturated carbocycles. The first-order chi connectivity index (χ1) is 15.9. The van der Waals surface area contributed by atoms with Gasteiger partial charge in [0.25, 0.3) is 0 Å². The van der Waals surface area contributed by atoms with Crippen LogP contribution in [0.5, 0.6) is 0 Å². The van der Waals surface area contributed by atoms with Gasteiger partial charge in [0.15, 0.2) is 14.1 Å². The van der Waals surface area contributed by atoms with Crippen LogP contribution in [0.25, 0.3) is 10.4 Å². The highest BCUT2D eigenvalue weighted by Crippen LogP contribution is 2.40. The van der Waals surface area contributed by atoms with Gasteiger partial charge in [-0.15, -0.1) is 0 Å². The van der Waals surface area contributed by atoms with E-state index in [1.54, 1.807) is 0 Å². The quantitative estimate of drug-likeness (QED) is 0.0660. The summed E-state index contributed by atoms with van der Waals surface area (Å²) in [6.45, 7) is 17.9. The second kappa shape index (κ2) is 15.5. The van der Waals surface area contributed by atoms with Crippen LogP contribution in [0.4, 0.5) is 0 Å². The maximum atomic E-state index is 9.11. The second-order valence-electron chi connectivity index (χ2n) is 12.2. The van der Waals surface area contributed by atoms with Gasteiger partial charge in [0.1, 0.15) is 0 Å². The molecule has 0 aromatic carbocycles. The van der Waals surface area contributed by atoms with Gasteiger partial charge in [-0.05, 0) is 43.9 Å². The van der Waals surface area contributed by atoms with E-state index in [-0.39, 0.29) is 23.3 Å². The molecule has 0 aromatic heterocycles. The van der Waals surface area contributed by atoms with Gasteiger partial charge in [-0.3, -0.25) is 0 Å². The molecule has 1 aliphatic heterocycles. The number of hydrogen-bond donors (Lipinski definition) is 0. The van der Waals surface area contributed by atoms with Crippen LogP contribution in [0.15, 0.2) is 5.11 Å². The highest BCUT2D eigenvalue weighted by Gasteiger charge is 2.45. The molecule has 1 saturated heterocycles. The molecule has 0 amide bonds. The Labute approximate surface area is 211 Å². The minimum atomic E-state index is -2.01. The Morgan fingerprint density at radius 1 is 0.971 bits per heavy atom. The molecule has 1 fully saturated rings. The Morgan fingerprint density at radius 2 is 1.47 bits per heavy atom. The fourth-order valence-corrected chi connectivity index (χ4v) is 5.70. The molecule has 1 heterocycles. The standard InChI is InChI=1S/C27H55N3O3Si/c1-9-10-11-12-13-14-15-16-17-18-19-20-21-24(33-34(7,8)26(2,3)4)25-23(29-30-28)22-31-27(5,6)32-25/h23-25H,9-22H2,1-8H3/t23-,24+,25-/m0/s1. The summed E-state index contributed by atoms with van der Waals surface area (Å²) in [6.07, 6.45) is 16.6. The summed E-state index contributed by atoms with van der Waals surface area (Å²) in [5.74, 6) is -0.697. The lowest BCUT2D eigenvalue weighted by atomic mass is 9.98. The van der Waals surface area contributed by atoms with Crippen molar-refractivity contribution >= 4 is 8.32 Å². The molecule has 0 unspecified atom stereocenters. The van der Waals surface area contributed by atoms with Gasteiger partial charge in [-0.2, -0.15) is 0 Å². The molecule has 0 bridgehead atoms. The smallest absolute Gasteiger partial charge is 0.192 e. The first-order valence-corrected chi connectivity index (χ1v) is 16.9. The molecule has 0 aliphatic carbocycles. The Balaban J connectivity index is 2.58. The van der Waals surface area contributed by atoms with Crippen molar-refractivity contribution < 1.29 is 13.9 Å². The maximum Gasteiger partial charge on any atom is 0.192 e. The van der Waals surface area contributed by atoms with Crippen molar-refractivity contribution in [3.8, 4) is 0 Å². The molecule has 200 valence electrons. The van der Waals surface area contributed by atoms with Crippen molar-refractivity contribution in [1.82, 2.24) is 0 Å². The molecule has 1 rings (SSSR count). The zero-order valence-corrected chi connectivity index (χ0v) is 24.7. The van der Waals surface area contributed by atoms with Gasteiger partial charge in [-0.1, -0.05) is 110 Å². The van der Waals surface area contributed by atoms with Crippen molar-refractivity contribution in [3.63, 3.8) is 0 Å². The van der Waals surface area contributed by atoms with Gasteiger partial charge >= 0.3 is 0 Å². The second-order valence-corrected chi connectivity index (χ2v) is 16.9. The number of nitrogens with zero attached hydrogens (tertiary/aromatic N) is 3. The third kappa shape index (κ3) is 11.9. The first-order valence-electron chi connectivity index (χ1n) is 14.0. The van der Waals surface area contributed by atoms with E-state index in [0.29, 0.717) is 6.61 Å². The highest BCUT2D eigenvalue weighted by molar-refractivity contribution is 6.74. The van der Waals surface area contributed by atoms with Crippen LogP contribution < -0.4 is 0 Å². The number of unbranched alkanes of at least 4 members (excludes halogenated alkanes) is 11. The molecule has 6 nitrogen and oxygen atoms in total. The fourth-order valence-electron chi connectivity index (χ4n) is 4.34. The van der Waals surface area contributed by atoms with Crippen LogP contribution >= 0.6 is 0 Å². The predicted octanol–water partition coefficient (Wildman–Crippen LogP) is 9.30. The SMILES string of the molecule is CCCCCCCCCCCCCC[C@@H](O[Si](C)(C)C(C)(C)C)[C@H]1OC(C)(C)OC[C@@H]1N=[N+]=[N-]. The molecule has 0 spiro atoms. The molecule has 0 radical (unpaired) electrons. The van der Waals surface area contributed by atoms with E-state index in [1.165, 1.54) is 70.6 Å². The number of rotatable bonds is 17. The van der Waals surface area contributed by atoms with Crippen molar-refractivity contribution in [1.29, 1.82) is 0 Å². The first kappa shape index (κ1) is 31.4. The lowest BCUT2D eigenvalue weighted by Gasteiger charge is -2.46. The average Bonchev–Trinajstić information content (AvgIpc) is 2.74. The summed E-state index contributed by atoms with van der Waals surface area (Å²) in [4.78, 5) is 3.07. The van der Waals surface area contributed by atoms with Gasteiger partial charge in [0, 0.05) is 4.91 Å². The molecular weight excluding hydrogens is 442 g/mol. The lowest BCUT2D eigenvalue weighted by molar-refractivity contribution is -0.293. The molecule has 7 heteroatoms. The van der Waals surface area contributed by atoms with Crippen LogP contribution in [0.1, 0.15) is 125 Å². The summed E-state index contributed by atoms with van der Waals surface area (Å²) in [5.41, 5.74) is 9.11. The fraction of sp³-hybridized carbons (Fsp3) is 1.00. The molecule has 0 N–H and O–H groups in total. The van der Waals surface area contributed by atoms with Gasteiger partial charge < -0.3 is 13.9 Å². The van der Waals surface area contributed by atoms with Crippen LogP contribution in [0, 0.1) is 0 Å². The van der Waals surface area contributed by atoms with E-state index in [4.69, 9.17) is 19.4 Å². The van der Waals surface area contributed by atoms with Gasteiger partial charge in [0.05, 0.1) is 24.9 Å². The van der Waals surface area contributed by atoms with E-state index in [0.717, 1.165) is 12.8 Å². The monoisotopic (exact) mass is 497 g/mol. The van der Waals surface area contributed by atoms with E-state index in [1.807, 2.05) is 13.8 Å². The van der Waals surface area contributed by atoms with Gasteiger partial charge in [-0.25, -0.2) is 0 Å². The summed E-state index contributed by atoms with van der Waals surface area (Å²) in [6, 6.07) is -0.356. The number of ether oxygens (including phenoxy) is 2. The normalized spacial score (nSPS) is 21.8. The maximum absolute atomic E-state index is 9.11. The lowest BCUT2D eigenvalue weighted by Crippen LogP contribution is -2.56. The van der Waals surface area contributed by atoms with E-state index < -0.39 is 14.1 Å². The summed E-state index contributed by atoms with van der Waals surface area (Å²) in [7, 11) is -2.01. The zero-order chi connectivity index (χ0) is 25.7. The predicted molar refractivity (Wildman–Crippen MR) is 146 cm³/mol. The zero-order valence-electron chi connectivity index (χ0n) is 23.7. The van der Waals surface area contributed by atoms with E-state index >= 15 is 0 Å². The molecule has 34 heavy (non-hydrogen) atoms. The van der Waals surface area contributed by atoms with Crippen molar-refractivity contribution in [2.45, 2.75) is 167 Å². The highest BCUT2D eigenvalue weighted by atomic mass is 28.4. The van der Waals surface area contributed by atoms with Crippen molar-refractivity contribution in [2.24, 2.45) is 5.11 Å². The van der Waals surface area contributed by atoms with E-state index in [2.05, 4.69) is 50.8 Å². The summed E-state index contributed by atoms with van der Waals surface area (Å²) >= 11 is 0. The summed E-state index contributed by atoms with van der Waals surface area (Å²) < 4.78 is 19.0. The Morgan fingerprint density at radius 3 is 1.94 bits per heavy atom. The Kier molecular flexibility index (Phi) is 14.3. The largest absolute Gasteiger partial charge is 0.411 e. The number of azide groups is 1. The molecule has 3 atom stereocenters. The van der Waals surface area contributed by atoms with Crippen LogP contribution in [-0.2, 0) is 13.9 Å². The molecule has 0 aromatic rings. The topological polar surface area (TPSA) is 76.5 Å². The third-order valence-electron chi connectivity index (χ3n) is 7.56. The van der Waals surface area contributed by atoms with Gasteiger partial charge in [0.2, 0.25) is 0 Å². The van der Waals surface area contributed by atoms with Crippen LogP contribution in [0.3, 0.4) is 0 Å². The van der Waals surface area contributed by atoms with Crippen molar-refractivity contribution in [3.05, 3.63) is 10.4 Å². The third-order valence-corrected chi connectivity index (χ3v) is 12.1. The Bertz CT molecular complexity index is 600. The van der Waals surface area contributed by atoms with Crippen molar-refractivity contribution in [2.75, 3.05) is 6.61 Å². The number of hydrogen-bond acceptors (Lipinski definition) is 4. The summed E-state index contributed by atoms with van der Waals surface area (Å²) in [5, 5.41) is 4.13. The van der Waals surface area contributed by atoms with Crippen LogP contribution in [0.2, 0.25) is 18.1 Å². The van der Waals surface area contributed by atoms with Crippen LogP contribution in [-0.4, -0.2) is 39.0 Å². The molecular formula is C27H55N3O3Si. The average molecular weight is 498 g/mol. The Hall–Kier alpha value is -0.593. The molecule has 1 aliphatic rings. The minimum Gasteiger partial charge on any atom is -0.411 e.